The Bertz CT molecular complexity index is 328. The van der Waals surface area contributed by atoms with Gasteiger partial charge in [-0.25, -0.2) is 8.78 Å². The van der Waals surface area contributed by atoms with E-state index in [2.05, 4.69) is 0 Å². The predicted molar refractivity (Wildman–Crippen MR) is 55.4 cm³/mol. The lowest BCUT2D eigenvalue weighted by Gasteiger charge is -2.16. The molecule has 1 aromatic carbocycles. The number of halogens is 2. The van der Waals surface area contributed by atoms with Crippen molar-refractivity contribution in [2.45, 2.75) is 19.3 Å². The van der Waals surface area contributed by atoms with Crippen LogP contribution in [0.2, 0.25) is 0 Å². The van der Waals surface area contributed by atoms with E-state index in [1.54, 1.807) is 12.1 Å². The Morgan fingerprint density at radius 1 is 1.33 bits per heavy atom. The van der Waals surface area contributed by atoms with Crippen LogP contribution in [0.5, 0.6) is 5.75 Å². The first-order valence-electron chi connectivity index (χ1n) is 4.76. The molecule has 0 saturated heterocycles. The minimum Gasteiger partial charge on any atom is -0.496 e. The van der Waals surface area contributed by atoms with Crippen LogP contribution in [-0.4, -0.2) is 13.7 Å². The first-order chi connectivity index (χ1) is 7.11. The van der Waals surface area contributed by atoms with Crippen LogP contribution in [-0.2, 0) is 0 Å². The van der Waals surface area contributed by atoms with Gasteiger partial charge in [0.05, 0.1) is 12.7 Å². The van der Waals surface area contributed by atoms with E-state index >= 15 is 0 Å². The second-order valence-electron chi connectivity index (χ2n) is 3.41. The van der Waals surface area contributed by atoms with Crippen LogP contribution < -0.4 is 10.5 Å². The highest BCUT2D eigenvalue weighted by atomic mass is 19.3. The highest BCUT2D eigenvalue weighted by Crippen LogP contribution is 2.35. The summed E-state index contributed by atoms with van der Waals surface area (Å²) in [6.07, 6.45) is -2.52. The Labute approximate surface area is 88.0 Å². The van der Waals surface area contributed by atoms with Crippen molar-refractivity contribution in [3.05, 3.63) is 29.3 Å². The van der Waals surface area contributed by atoms with Crippen LogP contribution in [0.1, 0.15) is 30.4 Å². The van der Waals surface area contributed by atoms with Gasteiger partial charge in [-0.2, -0.15) is 0 Å². The van der Waals surface area contributed by atoms with Gasteiger partial charge in [0.2, 0.25) is 0 Å². The van der Waals surface area contributed by atoms with Gasteiger partial charge in [-0.15, -0.1) is 0 Å². The zero-order chi connectivity index (χ0) is 11.4. The van der Waals surface area contributed by atoms with Crippen molar-refractivity contribution in [3.8, 4) is 5.75 Å². The summed E-state index contributed by atoms with van der Waals surface area (Å²) in [7, 11) is 1.40. The van der Waals surface area contributed by atoms with Crippen molar-refractivity contribution < 1.29 is 13.5 Å². The molecule has 0 bridgehead atoms. The lowest BCUT2D eigenvalue weighted by Crippen LogP contribution is -2.11. The number of hydrogen-bond acceptors (Lipinski definition) is 2. The van der Waals surface area contributed by atoms with Crippen LogP contribution in [0.3, 0.4) is 0 Å². The van der Waals surface area contributed by atoms with E-state index in [1.165, 1.54) is 13.2 Å². The van der Waals surface area contributed by atoms with Crippen LogP contribution in [0.25, 0.3) is 0 Å². The van der Waals surface area contributed by atoms with Gasteiger partial charge in [0, 0.05) is 0 Å². The average Bonchev–Trinajstić information content (AvgIpc) is 2.26. The minimum absolute atomic E-state index is 0.0126. The number of nitrogens with two attached hydrogens (primary N) is 1. The fraction of sp³-hybridized carbons (Fsp3) is 0.455. The van der Waals surface area contributed by atoms with Crippen LogP contribution in [0, 0.1) is 0 Å². The normalized spacial score (nSPS) is 12.9. The maximum Gasteiger partial charge on any atom is 0.267 e. The van der Waals surface area contributed by atoms with E-state index in [-0.39, 0.29) is 17.2 Å². The topological polar surface area (TPSA) is 35.2 Å². The van der Waals surface area contributed by atoms with Gasteiger partial charge < -0.3 is 10.5 Å². The Balaban J connectivity index is 3.22. The van der Waals surface area contributed by atoms with E-state index in [0.29, 0.717) is 6.54 Å². The average molecular weight is 215 g/mol. The Morgan fingerprint density at radius 3 is 2.40 bits per heavy atom. The summed E-state index contributed by atoms with van der Waals surface area (Å²) in [5, 5.41) is 0. The first-order valence-corrected chi connectivity index (χ1v) is 4.76. The van der Waals surface area contributed by atoms with Gasteiger partial charge in [0.1, 0.15) is 5.75 Å². The Morgan fingerprint density at radius 2 is 1.93 bits per heavy atom. The molecule has 1 rings (SSSR count). The first kappa shape index (κ1) is 11.9. The number of methoxy groups -OCH3 is 1. The van der Waals surface area contributed by atoms with E-state index < -0.39 is 6.43 Å². The van der Waals surface area contributed by atoms with Gasteiger partial charge in [-0.1, -0.05) is 19.1 Å². The fourth-order valence-electron chi connectivity index (χ4n) is 1.50. The molecule has 1 atom stereocenters. The summed E-state index contributed by atoms with van der Waals surface area (Å²) < 4.78 is 30.3. The van der Waals surface area contributed by atoms with E-state index in [9.17, 15) is 8.78 Å². The van der Waals surface area contributed by atoms with Crippen molar-refractivity contribution in [1.82, 2.24) is 0 Å². The van der Waals surface area contributed by atoms with Crippen molar-refractivity contribution in [3.63, 3.8) is 0 Å². The summed E-state index contributed by atoms with van der Waals surface area (Å²) in [5.74, 6) is 0.268. The molecule has 2 nitrogen and oxygen atoms in total. The summed E-state index contributed by atoms with van der Waals surface area (Å²) in [6.45, 7) is 2.29. The van der Waals surface area contributed by atoms with E-state index in [0.717, 1.165) is 5.56 Å². The molecule has 0 spiro atoms. The van der Waals surface area contributed by atoms with Crippen molar-refractivity contribution >= 4 is 0 Å². The van der Waals surface area contributed by atoms with Gasteiger partial charge in [-0.05, 0) is 24.1 Å². The van der Waals surface area contributed by atoms with E-state index in [4.69, 9.17) is 10.5 Å². The summed E-state index contributed by atoms with van der Waals surface area (Å²) in [5.41, 5.74) is 6.17. The minimum atomic E-state index is -2.52. The van der Waals surface area contributed by atoms with Crippen LogP contribution in [0.4, 0.5) is 8.78 Å². The smallest absolute Gasteiger partial charge is 0.267 e. The Kier molecular flexibility index (Phi) is 4.03. The maximum absolute atomic E-state index is 12.7. The number of rotatable bonds is 4. The molecule has 0 aliphatic carbocycles. The van der Waals surface area contributed by atoms with Crippen LogP contribution in [0.15, 0.2) is 18.2 Å². The maximum atomic E-state index is 12.7. The predicted octanol–water partition coefficient (Wildman–Crippen LogP) is 2.69. The van der Waals surface area contributed by atoms with Crippen molar-refractivity contribution in [1.29, 1.82) is 0 Å². The van der Waals surface area contributed by atoms with Gasteiger partial charge in [0.15, 0.2) is 0 Å². The molecule has 0 aliphatic heterocycles. The lowest BCUT2D eigenvalue weighted by atomic mass is 9.97. The zero-order valence-electron chi connectivity index (χ0n) is 8.84. The van der Waals surface area contributed by atoms with Crippen molar-refractivity contribution in [2.75, 3.05) is 13.7 Å². The lowest BCUT2D eigenvalue weighted by molar-refractivity contribution is 0.146. The molecule has 2 N–H and O–H groups in total. The molecule has 0 amide bonds. The van der Waals surface area contributed by atoms with Crippen LogP contribution >= 0.6 is 0 Å². The SMILES string of the molecule is COc1c(C(F)F)cccc1C(C)CN. The summed E-state index contributed by atoms with van der Waals surface area (Å²) in [4.78, 5) is 0. The molecule has 0 aromatic heterocycles. The monoisotopic (exact) mass is 215 g/mol. The number of alkyl halides is 2. The quantitative estimate of drug-likeness (QED) is 0.838. The molecule has 15 heavy (non-hydrogen) atoms. The molecule has 0 radical (unpaired) electrons. The molecular weight excluding hydrogens is 200 g/mol. The number of hydrogen-bond donors (Lipinski definition) is 1. The second kappa shape index (κ2) is 5.07. The van der Waals surface area contributed by atoms with Gasteiger partial charge in [-0.3, -0.25) is 0 Å². The molecule has 0 saturated carbocycles. The molecule has 1 aromatic rings. The Hall–Kier alpha value is -1.16. The zero-order valence-corrected chi connectivity index (χ0v) is 8.84. The number of ether oxygens (including phenoxy) is 1. The summed E-state index contributed by atoms with van der Waals surface area (Å²) in [6, 6.07) is 4.74. The summed E-state index contributed by atoms with van der Waals surface area (Å²) >= 11 is 0. The number of para-hydroxylation sites is 1. The molecular formula is C11H15F2NO. The fourth-order valence-corrected chi connectivity index (χ4v) is 1.50. The third-order valence-electron chi connectivity index (χ3n) is 2.40. The third kappa shape index (κ3) is 2.45. The molecule has 84 valence electrons. The van der Waals surface area contributed by atoms with Crippen molar-refractivity contribution in [2.24, 2.45) is 5.73 Å². The molecule has 4 heteroatoms. The highest BCUT2D eigenvalue weighted by Gasteiger charge is 2.19. The second-order valence-corrected chi connectivity index (χ2v) is 3.41. The molecule has 0 heterocycles. The van der Waals surface area contributed by atoms with E-state index in [1.807, 2.05) is 6.92 Å². The largest absolute Gasteiger partial charge is 0.496 e. The molecule has 0 aliphatic rings. The molecule has 1 unspecified atom stereocenters. The third-order valence-corrected chi connectivity index (χ3v) is 2.40. The van der Waals surface area contributed by atoms with Gasteiger partial charge in [0.25, 0.3) is 6.43 Å². The molecule has 0 fully saturated rings. The van der Waals surface area contributed by atoms with Gasteiger partial charge >= 0.3 is 0 Å². The standard InChI is InChI=1S/C11H15F2NO/c1-7(6-14)8-4-3-5-9(11(12)13)10(8)15-2/h3-5,7,11H,6,14H2,1-2H3. The highest BCUT2D eigenvalue weighted by molar-refractivity contribution is 5.44. The number of benzene rings is 1.